The van der Waals surface area contributed by atoms with Gasteiger partial charge in [0.1, 0.15) is 6.10 Å². The van der Waals surface area contributed by atoms with E-state index in [4.69, 9.17) is 10.5 Å². The molecular weight excluding hydrogens is 216 g/mol. The van der Waals surface area contributed by atoms with Crippen molar-refractivity contribution in [2.45, 2.75) is 25.4 Å². The van der Waals surface area contributed by atoms with Gasteiger partial charge in [-0.05, 0) is 37.0 Å². The van der Waals surface area contributed by atoms with E-state index in [-0.39, 0.29) is 12.0 Å². The topological polar surface area (TPSA) is 64.3 Å². The molecule has 1 aromatic rings. The molecule has 2 rings (SSSR count). The number of nitrogens with one attached hydrogen (secondary N) is 1. The average Bonchev–Trinajstić information content (AvgIpc) is 2.85. The molecule has 1 heterocycles. The zero-order valence-corrected chi connectivity index (χ0v) is 9.82. The Morgan fingerprint density at radius 3 is 2.82 bits per heavy atom. The van der Waals surface area contributed by atoms with Crippen LogP contribution in [0.1, 0.15) is 18.4 Å². The van der Waals surface area contributed by atoms with Crippen LogP contribution in [-0.2, 0) is 16.0 Å². The third-order valence-corrected chi connectivity index (χ3v) is 2.91. The normalized spacial score (nSPS) is 19.2. The molecule has 1 saturated heterocycles. The lowest BCUT2D eigenvalue weighted by molar-refractivity contribution is -0.129. The molecule has 1 aliphatic heterocycles. The van der Waals surface area contributed by atoms with Crippen molar-refractivity contribution in [1.82, 2.24) is 5.32 Å². The number of hydrogen-bond donors (Lipinski definition) is 2. The summed E-state index contributed by atoms with van der Waals surface area (Å²) in [4.78, 5) is 11.6. The SMILES string of the molecule is Nc1ccc(CCNC(=O)C2CCCO2)cc1. The lowest BCUT2D eigenvalue weighted by atomic mass is 10.1. The van der Waals surface area contributed by atoms with E-state index >= 15 is 0 Å². The predicted molar refractivity (Wildman–Crippen MR) is 66.5 cm³/mol. The summed E-state index contributed by atoms with van der Waals surface area (Å²) in [5.74, 6) is 0.0120. The summed E-state index contributed by atoms with van der Waals surface area (Å²) in [6.07, 6.45) is 2.41. The van der Waals surface area contributed by atoms with Gasteiger partial charge in [-0.1, -0.05) is 12.1 Å². The molecule has 4 heteroatoms. The number of rotatable bonds is 4. The molecule has 1 aliphatic rings. The second-order valence-corrected chi connectivity index (χ2v) is 4.28. The molecule has 0 aromatic heterocycles. The Labute approximate surface area is 101 Å². The van der Waals surface area contributed by atoms with Gasteiger partial charge >= 0.3 is 0 Å². The van der Waals surface area contributed by atoms with Crippen molar-refractivity contribution in [1.29, 1.82) is 0 Å². The minimum atomic E-state index is -0.235. The molecule has 1 fully saturated rings. The first-order valence-corrected chi connectivity index (χ1v) is 5.99. The Balaban J connectivity index is 1.72. The molecule has 1 atom stereocenters. The highest BCUT2D eigenvalue weighted by atomic mass is 16.5. The summed E-state index contributed by atoms with van der Waals surface area (Å²) < 4.78 is 5.30. The van der Waals surface area contributed by atoms with Crippen molar-refractivity contribution in [2.75, 3.05) is 18.9 Å². The fraction of sp³-hybridized carbons (Fsp3) is 0.462. The van der Waals surface area contributed by atoms with E-state index in [2.05, 4.69) is 5.32 Å². The minimum absolute atomic E-state index is 0.0120. The van der Waals surface area contributed by atoms with Gasteiger partial charge in [0.05, 0.1) is 0 Å². The van der Waals surface area contributed by atoms with Gasteiger partial charge in [-0.15, -0.1) is 0 Å². The standard InChI is InChI=1S/C13H18N2O2/c14-11-5-3-10(4-6-11)7-8-15-13(16)12-2-1-9-17-12/h3-6,12H,1-2,7-9,14H2,(H,15,16). The van der Waals surface area contributed by atoms with E-state index in [0.29, 0.717) is 13.2 Å². The predicted octanol–water partition coefficient (Wildman–Crippen LogP) is 1.11. The van der Waals surface area contributed by atoms with Gasteiger partial charge in [0.15, 0.2) is 0 Å². The van der Waals surface area contributed by atoms with E-state index in [0.717, 1.165) is 24.9 Å². The van der Waals surface area contributed by atoms with Gasteiger partial charge in [-0.2, -0.15) is 0 Å². The highest BCUT2D eigenvalue weighted by Gasteiger charge is 2.22. The summed E-state index contributed by atoms with van der Waals surface area (Å²) in [5, 5.41) is 2.89. The number of nitrogens with two attached hydrogens (primary N) is 1. The van der Waals surface area contributed by atoms with Gasteiger partial charge in [0, 0.05) is 18.8 Å². The Hall–Kier alpha value is -1.55. The quantitative estimate of drug-likeness (QED) is 0.767. The Bertz CT molecular complexity index is 370. The number of carbonyl (C=O) groups is 1. The first-order chi connectivity index (χ1) is 8.25. The van der Waals surface area contributed by atoms with Crippen LogP contribution in [0.25, 0.3) is 0 Å². The zero-order valence-electron chi connectivity index (χ0n) is 9.82. The molecule has 0 radical (unpaired) electrons. The molecule has 1 amide bonds. The van der Waals surface area contributed by atoms with Crippen molar-refractivity contribution < 1.29 is 9.53 Å². The van der Waals surface area contributed by atoms with Gasteiger partial charge in [-0.25, -0.2) is 0 Å². The molecule has 17 heavy (non-hydrogen) atoms. The lowest BCUT2D eigenvalue weighted by Gasteiger charge is -2.10. The van der Waals surface area contributed by atoms with E-state index in [1.165, 1.54) is 5.56 Å². The first kappa shape index (κ1) is 11.9. The molecule has 3 N–H and O–H groups in total. The van der Waals surface area contributed by atoms with Crippen LogP contribution in [0.15, 0.2) is 24.3 Å². The molecule has 0 bridgehead atoms. The summed E-state index contributed by atoms with van der Waals surface area (Å²) in [7, 11) is 0. The number of benzene rings is 1. The third kappa shape index (κ3) is 3.46. The lowest BCUT2D eigenvalue weighted by Crippen LogP contribution is -2.35. The van der Waals surface area contributed by atoms with Crippen LogP contribution in [0, 0.1) is 0 Å². The monoisotopic (exact) mass is 234 g/mol. The van der Waals surface area contributed by atoms with Crippen LogP contribution in [0.5, 0.6) is 0 Å². The Morgan fingerprint density at radius 1 is 1.41 bits per heavy atom. The molecule has 0 aliphatic carbocycles. The number of anilines is 1. The van der Waals surface area contributed by atoms with Crippen molar-refractivity contribution in [3.63, 3.8) is 0 Å². The molecule has 1 aromatic carbocycles. The van der Waals surface area contributed by atoms with E-state index < -0.39 is 0 Å². The Kier molecular flexibility index (Phi) is 3.98. The number of amides is 1. The van der Waals surface area contributed by atoms with Gasteiger partial charge in [-0.3, -0.25) is 4.79 Å². The number of carbonyl (C=O) groups excluding carboxylic acids is 1. The van der Waals surface area contributed by atoms with E-state index in [1.807, 2.05) is 24.3 Å². The van der Waals surface area contributed by atoms with Crippen LogP contribution in [0.3, 0.4) is 0 Å². The maximum absolute atomic E-state index is 11.6. The van der Waals surface area contributed by atoms with Crippen LogP contribution >= 0.6 is 0 Å². The Morgan fingerprint density at radius 2 is 2.18 bits per heavy atom. The minimum Gasteiger partial charge on any atom is -0.399 e. The van der Waals surface area contributed by atoms with E-state index in [9.17, 15) is 4.79 Å². The fourth-order valence-electron chi connectivity index (χ4n) is 1.91. The van der Waals surface area contributed by atoms with Crippen LogP contribution < -0.4 is 11.1 Å². The fourth-order valence-corrected chi connectivity index (χ4v) is 1.91. The van der Waals surface area contributed by atoms with Crippen LogP contribution in [-0.4, -0.2) is 25.2 Å². The number of ether oxygens (including phenoxy) is 1. The zero-order chi connectivity index (χ0) is 12.1. The average molecular weight is 234 g/mol. The summed E-state index contributed by atoms with van der Waals surface area (Å²) in [6, 6.07) is 7.70. The second-order valence-electron chi connectivity index (χ2n) is 4.28. The number of nitrogen functional groups attached to an aromatic ring is 1. The van der Waals surface area contributed by atoms with Crippen molar-refractivity contribution in [3.05, 3.63) is 29.8 Å². The molecule has 1 unspecified atom stereocenters. The first-order valence-electron chi connectivity index (χ1n) is 5.99. The van der Waals surface area contributed by atoms with Crippen molar-refractivity contribution in [3.8, 4) is 0 Å². The van der Waals surface area contributed by atoms with Gasteiger partial charge < -0.3 is 15.8 Å². The molecule has 0 spiro atoms. The van der Waals surface area contributed by atoms with Gasteiger partial charge in [0.2, 0.25) is 5.91 Å². The maximum atomic E-state index is 11.6. The van der Waals surface area contributed by atoms with Gasteiger partial charge in [0.25, 0.3) is 0 Å². The van der Waals surface area contributed by atoms with E-state index in [1.54, 1.807) is 0 Å². The summed E-state index contributed by atoms with van der Waals surface area (Å²) in [6.45, 7) is 1.35. The van der Waals surface area contributed by atoms with Crippen LogP contribution in [0.2, 0.25) is 0 Å². The third-order valence-electron chi connectivity index (χ3n) is 2.91. The second kappa shape index (κ2) is 5.68. The number of hydrogen-bond acceptors (Lipinski definition) is 3. The highest BCUT2D eigenvalue weighted by molar-refractivity contribution is 5.80. The summed E-state index contributed by atoms with van der Waals surface area (Å²) >= 11 is 0. The molecule has 92 valence electrons. The molecule has 0 saturated carbocycles. The van der Waals surface area contributed by atoms with Crippen molar-refractivity contribution >= 4 is 11.6 Å². The van der Waals surface area contributed by atoms with Crippen LogP contribution in [0.4, 0.5) is 5.69 Å². The molecule has 4 nitrogen and oxygen atoms in total. The van der Waals surface area contributed by atoms with Crippen molar-refractivity contribution in [2.24, 2.45) is 0 Å². The highest BCUT2D eigenvalue weighted by Crippen LogP contribution is 2.11. The maximum Gasteiger partial charge on any atom is 0.249 e. The largest absolute Gasteiger partial charge is 0.399 e. The summed E-state index contributed by atoms with van der Waals surface area (Å²) in [5.41, 5.74) is 7.53. The smallest absolute Gasteiger partial charge is 0.249 e. The molecular formula is C13H18N2O2.